The zero-order valence-electron chi connectivity index (χ0n) is 12.2. The van der Waals surface area contributed by atoms with Gasteiger partial charge in [-0.15, -0.1) is 11.3 Å². The average Bonchev–Trinajstić information content (AvgIpc) is 2.97. The molecule has 0 aliphatic carbocycles. The van der Waals surface area contributed by atoms with Crippen molar-refractivity contribution in [1.29, 1.82) is 0 Å². The number of carbonyl (C=O) groups excluding carboxylic acids is 1. The molecule has 0 saturated heterocycles. The molecule has 21 heavy (non-hydrogen) atoms. The topological polar surface area (TPSA) is 78.0 Å². The number of hydrogen-bond acceptors (Lipinski definition) is 4. The molecule has 0 bridgehead atoms. The van der Waals surface area contributed by atoms with Crippen LogP contribution in [-0.4, -0.2) is 27.8 Å². The Hall–Kier alpha value is -2.10. The molecule has 0 unspecified atom stereocenters. The van der Waals surface area contributed by atoms with E-state index in [0.29, 0.717) is 11.3 Å². The first-order chi connectivity index (χ1) is 10.0. The number of aromatic amines is 1. The van der Waals surface area contributed by atoms with Crippen LogP contribution in [0.1, 0.15) is 37.9 Å². The van der Waals surface area contributed by atoms with E-state index in [-0.39, 0.29) is 12.5 Å². The summed E-state index contributed by atoms with van der Waals surface area (Å²) in [5, 5.41) is 18.5. The Morgan fingerprint density at radius 2 is 2.24 bits per heavy atom. The molecule has 0 atom stereocenters. The van der Waals surface area contributed by atoms with Crippen molar-refractivity contribution >= 4 is 22.9 Å². The quantitative estimate of drug-likeness (QED) is 0.762. The lowest BCUT2D eigenvalue weighted by molar-refractivity contribution is 0.103. The number of thiophene rings is 1. The molecule has 0 radical (unpaired) electrons. The lowest BCUT2D eigenvalue weighted by Crippen LogP contribution is -2.11. The molecular weight excluding hydrogens is 286 g/mol. The molecule has 3 N–H and O–H groups in total. The molecule has 0 aromatic carbocycles. The van der Waals surface area contributed by atoms with E-state index in [9.17, 15) is 4.79 Å². The van der Waals surface area contributed by atoms with Gasteiger partial charge >= 0.3 is 0 Å². The number of hydrogen-bond donors (Lipinski definition) is 3. The molecule has 2 rings (SSSR count). The predicted octanol–water partition coefficient (Wildman–Crippen LogP) is 2.38. The van der Waals surface area contributed by atoms with Crippen LogP contribution in [-0.2, 0) is 0 Å². The van der Waals surface area contributed by atoms with Crippen LogP contribution in [0.2, 0.25) is 0 Å². The Labute approximate surface area is 127 Å². The van der Waals surface area contributed by atoms with E-state index in [1.54, 1.807) is 0 Å². The van der Waals surface area contributed by atoms with Gasteiger partial charge in [0.05, 0.1) is 33.4 Å². The molecule has 0 aliphatic rings. The SMILES string of the molecule is Cc1cc(C(=O)Nc2c(C)n[nH]c2C)sc1C#CCCO. The maximum Gasteiger partial charge on any atom is 0.265 e. The summed E-state index contributed by atoms with van der Waals surface area (Å²) in [5.74, 6) is 5.69. The third-order valence-electron chi connectivity index (χ3n) is 2.95. The Morgan fingerprint density at radius 1 is 1.48 bits per heavy atom. The lowest BCUT2D eigenvalue weighted by atomic mass is 10.2. The highest BCUT2D eigenvalue weighted by molar-refractivity contribution is 7.14. The smallest absolute Gasteiger partial charge is 0.265 e. The number of rotatable bonds is 3. The van der Waals surface area contributed by atoms with Crippen molar-refractivity contribution in [2.45, 2.75) is 27.2 Å². The number of H-pyrrole nitrogens is 1. The molecule has 0 fully saturated rings. The monoisotopic (exact) mass is 303 g/mol. The molecule has 6 heteroatoms. The highest BCUT2D eigenvalue weighted by atomic mass is 32.1. The number of anilines is 1. The largest absolute Gasteiger partial charge is 0.395 e. The summed E-state index contributed by atoms with van der Waals surface area (Å²) in [6.45, 7) is 5.67. The zero-order chi connectivity index (χ0) is 15.4. The van der Waals surface area contributed by atoms with Crippen LogP contribution in [0.3, 0.4) is 0 Å². The van der Waals surface area contributed by atoms with E-state index < -0.39 is 0 Å². The number of nitrogens with one attached hydrogen (secondary N) is 2. The van der Waals surface area contributed by atoms with Gasteiger partial charge in [-0.2, -0.15) is 5.10 Å². The van der Waals surface area contributed by atoms with Gasteiger partial charge in [0, 0.05) is 6.42 Å². The average molecular weight is 303 g/mol. The second-order valence-corrected chi connectivity index (χ2v) is 5.71. The van der Waals surface area contributed by atoms with E-state index in [2.05, 4.69) is 27.4 Å². The summed E-state index contributed by atoms with van der Waals surface area (Å²) in [6, 6.07) is 1.83. The van der Waals surface area contributed by atoms with Gasteiger partial charge in [0.25, 0.3) is 5.91 Å². The number of aliphatic hydroxyl groups excluding tert-OH is 1. The predicted molar refractivity (Wildman–Crippen MR) is 83.7 cm³/mol. The van der Waals surface area contributed by atoms with Crippen molar-refractivity contribution in [2.75, 3.05) is 11.9 Å². The van der Waals surface area contributed by atoms with E-state index in [4.69, 9.17) is 5.11 Å². The van der Waals surface area contributed by atoms with Crippen LogP contribution in [0.25, 0.3) is 0 Å². The van der Waals surface area contributed by atoms with Gasteiger partial charge < -0.3 is 10.4 Å². The van der Waals surface area contributed by atoms with E-state index in [1.807, 2.05) is 26.8 Å². The second-order valence-electron chi connectivity index (χ2n) is 4.66. The molecule has 0 aliphatic heterocycles. The summed E-state index contributed by atoms with van der Waals surface area (Å²) < 4.78 is 0. The van der Waals surface area contributed by atoms with Crippen molar-refractivity contribution < 1.29 is 9.90 Å². The van der Waals surface area contributed by atoms with Crippen LogP contribution in [0, 0.1) is 32.6 Å². The number of aromatic nitrogens is 2. The summed E-state index contributed by atoms with van der Waals surface area (Å²) in [4.78, 5) is 13.7. The van der Waals surface area contributed by atoms with E-state index >= 15 is 0 Å². The standard InChI is InChI=1S/C15H17N3O2S/c1-9-8-13(21-12(9)6-4-5-7-19)15(20)16-14-10(2)17-18-11(14)3/h8,19H,5,7H2,1-3H3,(H,16,20)(H,17,18). The van der Waals surface area contributed by atoms with Gasteiger partial charge in [-0.3, -0.25) is 9.89 Å². The number of nitrogens with zero attached hydrogens (tertiary/aromatic N) is 1. The van der Waals surface area contributed by atoms with Gasteiger partial charge in [-0.25, -0.2) is 0 Å². The summed E-state index contributed by atoms with van der Waals surface area (Å²) >= 11 is 1.35. The molecule has 2 aromatic heterocycles. The van der Waals surface area contributed by atoms with E-state index in [1.165, 1.54) is 11.3 Å². The molecular formula is C15H17N3O2S. The fourth-order valence-corrected chi connectivity index (χ4v) is 2.77. The highest BCUT2D eigenvalue weighted by Crippen LogP contribution is 2.23. The van der Waals surface area contributed by atoms with Crippen molar-refractivity contribution in [2.24, 2.45) is 0 Å². The molecule has 0 saturated carbocycles. The summed E-state index contributed by atoms with van der Waals surface area (Å²) in [6.07, 6.45) is 0.437. The highest BCUT2D eigenvalue weighted by Gasteiger charge is 2.15. The first-order valence-electron chi connectivity index (χ1n) is 6.56. The van der Waals surface area contributed by atoms with Crippen LogP contribution < -0.4 is 5.32 Å². The van der Waals surface area contributed by atoms with Crippen LogP contribution in [0.5, 0.6) is 0 Å². The Balaban J connectivity index is 2.18. The third-order valence-corrected chi connectivity index (χ3v) is 4.10. The van der Waals surface area contributed by atoms with Gasteiger partial charge in [-0.1, -0.05) is 11.8 Å². The lowest BCUT2D eigenvalue weighted by Gasteiger charge is -2.02. The fourth-order valence-electron chi connectivity index (χ4n) is 1.83. The zero-order valence-corrected chi connectivity index (χ0v) is 13.0. The normalized spacial score (nSPS) is 10.1. The Kier molecular flexibility index (Phi) is 4.78. The van der Waals surface area contributed by atoms with Crippen LogP contribution in [0.15, 0.2) is 6.07 Å². The minimum Gasteiger partial charge on any atom is -0.395 e. The number of amides is 1. The summed E-state index contributed by atoms with van der Waals surface area (Å²) in [7, 11) is 0. The van der Waals surface area contributed by atoms with Gasteiger partial charge in [0.1, 0.15) is 0 Å². The van der Waals surface area contributed by atoms with E-state index in [0.717, 1.165) is 27.5 Å². The minimum atomic E-state index is -0.161. The van der Waals surface area contributed by atoms with Crippen LogP contribution >= 0.6 is 11.3 Å². The summed E-state index contributed by atoms with van der Waals surface area (Å²) in [5.41, 5.74) is 3.28. The molecule has 5 nitrogen and oxygen atoms in total. The molecule has 1 amide bonds. The van der Waals surface area contributed by atoms with Crippen molar-refractivity contribution in [3.05, 3.63) is 32.8 Å². The number of aliphatic hydroxyl groups is 1. The minimum absolute atomic E-state index is 0.0454. The number of aryl methyl sites for hydroxylation is 3. The van der Waals surface area contributed by atoms with Gasteiger partial charge in [0.2, 0.25) is 0 Å². The maximum atomic E-state index is 12.3. The first-order valence-corrected chi connectivity index (χ1v) is 7.37. The maximum absolute atomic E-state index is 12.3. The van der Waals surface area contributed by atoms with Crippen LogP contribution in [0.4, 0.5) is 5.69 Å². The molecule has 0 spiro atoms. The van der Waals surface area contributed by atoms with Gasteiger partial charge in [0.15, 0.2) is 0 Å². The molecule has 2 heterocycles. The Morgan fingerprint density at radius 3 is 2.86 bits per heavy atom. The Bertz CT molecular complexity index is 700. The second kappa shape index (κ2) is 6.57. The van der Waals surface area contributed by atoms with Gasteiger partial charge in [-0.05, 0) is 32.4 Å². The van der Waals surface area contributed by atoms with Crippen molar-refractivity contribution in [3.8, 4) is 11.8 Å². The third kappa shape index (κ3) is 3.51. The first kappa shape index (κ1) is 15.3. The fraction of sp³-hybridized carbons (Fsp3) is 0.333. The molecule has 110 valence electrons. The van der Waals surface area contributed by atoms with Crippen molar-refractivity contribution in [1.82, 2.24) is 10.2 Å². The molecule has 2 aromatic rings. The number of carbonyl (C=O) groups is 1. The van der Waals surface area contributed by atoms with Crippen molar-refractivity contribution in [3.63, 3.8) is 0 Å².